The number of benzene rings is 2. The van der Waals surface area contributed by atoms with Crippen LogP contribution in [0.3, 0.4) is 0 Å². The summed E-state index contributed by atoms with van der Waals surface area (Å²) in [6.07, 6.45) is 0. The minimum atomic E-state index is -0.311. The Morgan fingerprint density at radius 2 is 1.63 bits per heavy atom. The van der Waals surface area contributed by atoms with Crippen molar-refractivity contribution in [3.05, 3.63) is 70.2 Å². The van der Waals surface area contributed by atoms with E-state index in [1.807, 2.05) is 30.3 Å². The van der Waals surface area contributed by atoms with Gasteiger partial charge in [-0.3, -0.25) is 0 Å². The van der Waals surface area contributed by atoms with Crippen LogP contribution in [0.25, 0.3) is 0 Å². The average Bonchev–Trinajstić information content (AvgIpc) is 2.47. The van der Waals surface area contributed by atoms with Crippen LogP contribution < -0.4 is 0 Å². The molecule has 100 valence electrons. The van der Waals surface area contributed by atoms with Crippen LogP contribution in [0.1, 0.15) is 18.1 Å². The van der Waals surface area contributed by atoms with E-state index in [-0.39, 0.29) is 5.60 Å². The van der Waals surface area contributed by atoms with Crippen LogP contribution in [0.4, 0.5) is 0 Å². The van der Waals surface area contributed by atoms with Gasteiger partial charge in [0.1, 0.15) is 5.60 Å². The van der Waals surface area contributed by atoms with Crippen molar-refractivity contribution in [2.24, 2.45) is 0 Å². The molecule has 0 saturated carbocycles. The summed E-state index contributed by atoms with van der Waals surface area (Å²) in [5, 5.41) is 0.764. The summed E-state index contributed by atoms with van der Waals surface area (Å²) in [5.74, 6) is 0. The molecule has 1 nitrogen and oxygen atoms in total. The molecule has 0 spiro atoms. The highest BCUT2D eigenvalue weighted by atomic mass is 79.9. The van der Waals surface area contributed by atoms with Gasteiger partial charge in [-0.1, -0.05) is 74.3 Å². The van der Waals surface area contributed by atoms with Crippen molar-refractivity contribution < 1.29 is 4.74 Å². The van der Waals surface area contributed by atoms with Gasteiger partial charge >= 0.3 is 0 Å². The molecular formula is C16H16Br2O. The Kier molecular flexibility index (Phi) is 5.20. The topological polar surface area (TPSA) is 9.23 Å². The predicted octanol–water partition coefficient (Wildman–Crippen LogP) is 5.28. The van der Waals surface area contributed by atoms with Gasteiger partial charge in [0.2, 0.25) is 0 Å². The first-order valence-electron chi connectivity index (χ1n) is 6.14. The second-order valence-corrected chi connectivity index (χ2v) is 6.12. The fourth-order valence-electron chi connectivity index (χ4n) is 1.81. The van der Waals surface area contributed by atoms with E-state index in [1.54, 1.807) is 0 Å². The molecule has 3 heteroatoms. The predicted molar refractivity (Wildman–Crippen MR) is 86.5 cm³/mol. The van der Waals surface area contributed by atoms with Gasteiger partial charge in [0.15, 0.2) is 0 Å². The molecule has 0 heterocycles. The van der Waals surface area contributed by atoms with Crippen LogP contribution >= 0.6 is 31.9 Å². The summed E-state index contributed by atoms with van der Waals surface area (Å²) in [5.41, 5.74) is 2.05. The molecule has 2 aromatic rings. The zero-order valence-corrected chi connectivity index (χ0v) is 13.9. The lowest BCUT2D eigenvalue weighted by molar-refractivity contribution is -0.0289. The molecular weight excluding hydrogens is 368 g/mol. The normalized spacial score (nSPS) is 14.1. The molecule has 1 unspecified atom stereocenters. The molecule has 0 bridgehead atoms. The van der Waals surface area contributed by atoms with E-state index >= 15 is 0 Å². The number of hydrogen-bond acceptors (Lipinski definition) is 1. The van der Waals surface area contributed by atoms with Crippen molar-refractivity contribution >= 4 is 31.9 Å². The fraction of sp³-hybridized carbons (Fsp3) is 0.250. The lowest BCUT2D eigenvalue weighted by Gasteiger charge is -2.28. The van der Waals surface area contributed by atoms with Gasteiger partial charge in [0.05, 0.1) is 6.61 Å². The van der Waals surface area contributed by atoms with Gasteiger partial charge < -0.3 is 4.74 Å². The minimum absolute atomic E-state index is 0.311. The summed E-state index contributed by atoms with van der Waals surface area (Å²) in [7, 11) is 0. The third kappa shape index (κ3) is 3.91. The van der Waals surface area contributed by atoms with E-state index < -0.39 is 0 Å². The van der Waals surface area contributed by atoms with Gasteiger partial charge in [-0.2, -0.15) is 0 Å². The Morgan fingerprint density at radius 3 is 2.21 bits per heavy atom. The van der Waals surface area contributed by atoms with E-state index in [0.717, 1.165) is 9.80 Å². The molecule has 0 fully saturated rings. The minimum Gasteiger partial charge on any atom is -0.365 e. The average molecular weight is 384 g/mol. The first-order valence-corrected chi connectivity index (χ1v) is 8.05. The van der Waals surface area contributed by atoms with Crippen LogP contribution in [0.15, 0.2) is 59.1 Å². The van der Waals surface area contributed by atoms with E-state index in [9.17, 15) is 0 Å². The lowest BCUT2D eigenvalue weighted by Crippen LogP contribution is -2.27. The van der Waals surface area contributed by atoms with Crippen LogP contribution in [-0.4, -0.2) is 5.33 Å². The third-order valence-electron chi connectivity index (χ3n) is 3.11. The summed E-state index contributed by atoms with van der Waals surface area (Å²) < 4.78 is 7.21. The number of hydrogen-bond donors (Lipinski definition) is 0. The van der Waals surface area contributed by atoms with Gasteiger partial charge in [-0.15, -0.1) is 0 Å². The second kappa shape index (κ2) is 6.69. The Morgan fingerprint density at radius 1 is 1.00 bits per heavy atom. The highest BCUT2D eigenvalue weighted by Crippen LogP contribution is 2.28. The quantitative estimate of drug-likeness (QED) is 0.638. The van der Waals surface area contributed by atoms with E-state index in [1.165, 1.54) is 11.1 Å². The summed E-state index contributed by atoms with van der Waals surface area (Å²) in [6, 6.07) is 18.5. The van der Waals surface area contributed by atoms with Gasteiger partial charge in [-0.25, -0.2) is 0 Å². The number of alkyl halides is 1. The zero-order valence-electron chi connectivity index (χ0n) is 10.8. The van der Waals surface area contributed by atoms with Crippen LogP contribution in [0, 0.1) is 0 Å². The molecule has 0 radical (unpaired) electrons. The van der Waals surface area contributed by atoms with Crippen molar-refractivity contribution in [2.75, 3.05) is 5.33 Å². The first-order chi connectivity index (χ1) is 9.14. The van der Waals surface area contributed by atoms with Crippen molar-refractivity contribution in [1.82, 2.24) is 0 Å². The summed E-state index contributed by atoms with van der Waals surface area (Å²) >= 11 is 7.00. The first kappa shape index (κ1) is 14.8. The Hall–Kier alpha value is -0.640. The maximum atomic E-state index is 6.13. The smallest absolute Gasteiger partial charge is 0.100 e. The number of halogens is 2. The lowest BCUT2D eigenvalue weighted by atomic mass is 9.98. The van der Waals surface area contributed by atoms with Crippen molar-refractivity contribution in [3.63, 3.8) is 0 Å². The molecule has 2 aromatic carbocycles. The molecule has 0 aliphatic carbocycles. The Balaban J connectivity index is 2.09. The highest BCUT2D eigenvalue weighted by Gasteiger charge is 2.25. The molecule has 2 rings (SSSR count). The molecule has 0 aromatic heterocycles. The van der Waals surface area contributed by atoms with Crippen molar-refractivity contribution in [1.29, 1.82) is 0 Å². The van der Waals surface area contributed by atoms with E-state index in [0.29, 0.717) is 6.61 Å². The third-order valence-corrected chi connectivity index (χ3v) is 4.71. The maximum Gasteiger partial charge on any atom is 0.100 e. The Labute approximate surface area is 131 Å². The molecule has 0 saturated heterocycles. The van der Waals surface area contributed by atoms with Gasteiger partial charge in [0.25, 0.3) is 0 Å². The zero-order chi connectivity index (χ0) is 13.7. The van der Waals surface area contributed by atoms with Crippen molar-refractivity contribution in [3.8, 4) is 0 Å². The molecule has 19 heavy (non-hydrogen) atoms. The fourth-order valence-corrected chi connectivity index (χ4v) is 2.56. The molecule has 0 N–H and O–H groups in total. The molecule has 0 amide bonds. The van der Waals surface area contributed by atoms with Gasteiger partial charge in [-0.05, 0) is 30.2 Å². The van der Waals surface area contributed by atoms with Gasteiger partial charge in [0, 0.05) is 9.80 Å². The summed E-state index contributed by atoms with van der Waals surface area (Å²) in [6.45, 7) is 2.71. The largest absolute Gasteiger partial charge is 0.365 e. The molecule has 0 aliphatic heterocycles. The van der Waals surface area contributed by atoms with Crippen LogP contribution in [0.2, 0.25) is 0 Å². The van der Waals surface area contributed by atoms with E-state index in [4.69, 9.17) is 4.74 Å². The van der Waals surface area contributed by atoms with E-state index in [2.05, 4.69) is 63.0 Å². The monoisotopic (exact) mass is 382 g/mol. The van der Waals surface area contributed by atoms with Crippen LogP contribution in [-0.2, 0) is 16.9 Å². The van der Waals surface area contributed by atoms with Crippen molar-refractivity contribution in [2.45, 2.75) is 19.1 Å². The molecule has 1 atom stereocenters. The molecule has 0 aliphatic rings. The highest BCUT2D eigenvalue weighted by molar-refractivity contribution is 9.10. The summed E-state index contributed by atoms with van der Waals surface area (Å²) in [4.78, 5) is 0. The SMILES string of the molecule is CC(CBr)(OCc1ccc(Br)cc1)c1ccccc1. The van der Waals surface area contributed by atoms with Crippen LogP contribution in [0.5, 0.6) is 0 Å². The second-order valence-electron chi connectivity index (χ2n) is 4.65. The maximum absolute atomic E-state index is 6.13. The standard InChI is InChI=1S/C16H16Br2O/c1-16(12-17,14-5-3-2-4-6-14)19-11-13-7-9-15(18)10-8-13/h2-10H,11-12H2,1H3. The Bertz CT molecular complexity index is 510. The number of rotatable bonds is 5. The number of ether oxygens (including phenoxy) is 1.